The summed E-state index contributed by atoms with van der Waals surface area (Å²) in [7, 11) is 1.53. The second-order valence-corrected chi connectivity index (χ2v) is 5.33. The normalized spacial score (nSPS) is 10.4. The van der Waals surface area contributed by atoms with Crippen molar-refractivity contribution in [3.8, 4) is 5.88 Å². The van der Waals surface area contributed by atoms with Crippen LogP contribution in [0.15, 0.2) is 40.3 Å². The number of nitrogen functional groups attached to an aromatic ring is 1. The van der Waals surface area contributed by atoms with Gasteiger partial charge in [0.1, 0.15) is 5.03 Å². The van der Waals surface area contributed by atoms with E-state index in [-0.39, 0.29) is 0 Å². The first-order valence-electron chi connectivity index (χ1n) is 5.03. The van der Waals surface area contributed by atoms with Crippen molar-refractivity contribution in [2.24, 2.45) is 0 Å². The van der Waals surface area contributed by atoms with E-state index in [1.165, 1.54) is 18.9 Å². The van der Waals surface area contributed by atoms with Crippen molar-refractivity contribution in [1.82, 2.24) is 4.98 Å². The molecule has 0 spiro atoms. The van der Waals surface area contributed by atoms with Gasteiger partial charge in [0.25, 0.3) is 0 Å². The van der Waals surface area contributed by atoms with E-state index in [1.807, 2.05) is 12.1 Å². The highest BCUT2D eigenvalue weighted by molar-refractivity contribution is 7.99. The monoisotopic (exact) mass is 300 g/mol. The van der Waals surface area contributed by atoms with Gasteiger partial charge in [-0.25, -0.2) is 4.98 Å². The Morgan fingerprint density at radius 2 is 1.94 bits per heavy atom. The number of methoxy groups -OCH3 is 1. The Bertz CT molecular complexity index is 578. The highest BCUT2D eigenvalue weighted by Gasteiger charge is 2.06. The number of hydrogen-bond donors (Lipinski definition) is 1. The summed E-state index contributed by atoms with van der Waals surface area (Å²) in [6, 6.07) is 9.00. The average molecular weight is 301 g/mol. The van der Waals surface area contributed by atoms with Crippen LogP contribution in [0.5, 0.6) is 5.88 Å². The summed E-state index contributed by atoms with van der Waals surface area (Å²) in [6.07, 6.45) is 0. The standard InChI is InChI=1S/C12H10Cl2N2OS/c1-17-12-10(15)4-5-11(16-12)18-7-2-3-8(13)9(14)6-7/h2-6H,15H2,1H3. The Labute approximate surface area is 119 Å². The van der Waals surface area contributed by atoms with Gasteiger partial charge in [-0.2, -0.15) is 0 Å². The van der Waals surface area contributed by atoms with Crippen LogP contribution in [-0.4, -0.2) is 12.1 Å². The van der Waals surface area contributed by atoms with Crippen LogP contribution in [0.4, 0.5) is 5.69 Å². The molecule has 0 bridgehead atoms. The van der Waals surface area contributed by atoms with Crippen LogP contribution in [0, 0.1) is 0 Å². The second kappa shape index (κ2) is 5.69. The summed E-state index contributed by atoms with van der Waals surface area (Å²) in [6.45, 7) is 0. The minimum Gasteiger partial charge on any atom is -0.480 e. The number of ether oxygens (including phenoxy) is 1. The molecule has 1 aromatic carbocycles. The molecule has 0 saturated carbocycles. The molecule has 2 N–H and O–H groups in total. The number of rotatable bonds is 3. The van der Waals surface area contributed by atoms with Crippen molar-refractivity contribution in [2.45, 2.75) is 9.92 Å². The molecule has 0 amide bonds. The van der Waals surface area contributed by atoms with Crippen LogP contribution in [0.25, 0.3) is 0 Å². The summed E-state index contributed by atoms with van der Waals surface area (Å²) in [5, 5.41) is 1.83. The molecule has 0 atom stereocenters. The zero-order valence-corrected chi connectivity index (χ0v) is 11.8. The van der Waals surface area contributed by atoms with E-state index in [2.05, 4.69) is 4.98 Å². The number of halogens is 2. The lowest BCUT2D eigenvalue weighted by Crippen LogP contribution is -1.95. The van der Waals surface area contributed by atoms with E-state index >= 15 is 0 Å². The maximum absolute atomic E-state index is 5.95. The van der Waals surface area contributed by atoms with Gasteiger partial charge in [-0.3, -0.25) is 0 Å². The van der Waals surface area contributed by atoms with E-state index in [0.29, 0.717) is 21.6 Å². The van der Waals surface area contributed by atoms with Crippen molar-refractivity contribution in [3.05, 3.63) is 40.4 Å². The number of pyridine rings is 1. The van der Waals surface area contributed by atoms with Crippen molar-refractivity contribution in [3.63, 3.8) is 0 Å². The van der Waals surface area contributed by atoms with Crippen LogP contribution in [0.1, 0.15) is 0 Å². The first kappa shape index (κ1) is 13.3. The number of benzene rings is 1. The zero-order chi connectivity index (χ0) is 13.1. The smallest absolute Gasteiger partial charge is 0.237 e. The van der Waals surface area contributed by atoms with Gasteiger partial charge in [-0.15, -0.1) is 0 Å². The molecule has 2 rings (SSSR count). The van der Waals surface area contributed by atoms with E-state index in [1.54, 1.807) is 18.2 Å². The molecule has 2 aromatic rings. The molecule has 0 radical (unpaired) electrons. The van der Waals surface area contributed by atoms with Gasteiger partial charge in [0, 0.05) is 4.90 Å². The highest BCUT2D eigenvalue weighted by Crippen LogP contribution is 2.33. The Morgan fingerprint density at radius 3 is 2.61 bits per heavy atom. The quantitative estimate of drug-likeness (QED) is 0.926. The number of anilines is 1. The molecule has 0 aliphatic rings. The van der Waals surface area contributed by atoms with Crippen LogP contribution < -0.4 is 10.5 Å². The van der Waals surface area contributed by atoms with Crippen molar-refractivity contribution >= 4 is 40.7 Å². The average Bonchev–Trinajstić information content (AvgIpc) is 2.36. The Hall–Kier alpha value is -1.10. The number of hydrogen-bond acceptors (Lipinski definition) is 4. The molecule has 0 unspecified atom stereocenters. The Balaban J connectivity index is 2.25. The molecule has 1 aromatic heterocycles. The lowest BCUT2D eigenvalue weighted by Gasteiger charge is -2.06. The van der Waals surface area contributed by atoms with E-state index in [4.69, 9.17) is 33.7 Å². The molecular weight excluding hydrogens is 291 g/mol. The lowest BCUT2D eigenvalue weighted by molar-refractivity contribution is 0.397. The third-order valence-corrected chi connectivity index (χ3v) is 3.84. The summed E-state index contributed by atoms with van der Waals surface area (Å²) < 4.78 is 5.07. The van der Waals surface area contributed by atoms with Crippen LogP contribution in [0.2, 0.25) is 10.0 Å². The fourth-order valence-corrected chi connectivity index (χ4v) is 2.50. The van der Waals surface area contributed by atoms with Crippen LogP contribution in [-0.2, 0) is 0 Å². The number of nitrogens with zero attached hydrogens (tertiary/aromatic N) is 1. The van der Waals surface area contributed by atoms with Crippen molar-refractivity contribution < 1.29 is 4.74 Å². The van der Waals surface area contributed by atoms with Gasteiger partial charge in [-0.05, 0) is 30.3 Å². The molecule has 18 heavy (non-hydrogen) atoms. The maximum atomic E-state index is 5.95. The molecular formula is C12H10Cl2N2OS. The fraction of sp³-hybridized carbons (Fsp3) is 0.0833. The third kappa shape index (κ3) is 3.02. The molecule has 3 nitrogen and oxygen atoms in total. The maximum Gasteiger partial charge on any atom is 0.237 e. The predicted molar refractivity (Wildman–Crippen MR) is 75.8 cm³/mol. The SMILES string of the molecule is COc1nc(Sc2ccc(Cl)c(Cl)c2)ccc1N. The first-order valence-corrected chi connectivity index (χ1v) is 6.61. The van der Waals surface area contributed by atoms with E-state index < -0.39 is 0 Å². The lowest BCUT2D eigenvalue weighted by atomic mass is 10.4. The molecule has 0 fully saturated rings. The zero-order valence-electron chi connectivity index (χ0n) is 9.48. The fourth-order valence-electron chi connectivity index (χ4n) is 1.32. The van der Waals surface area contributed by atoms with Gasteiger partial charge in [0.15, 0.2) is 0 Å². The van der Waals surface area contributed by atoms with Gasteiger partial charge in [0.05, 0.1) is 22.8 Å². The van der Waals surface area contributed by atoms with Crippen molar-refractivity contribution in [1.29, 1.82) is 0 Å². The molecule has 0 saturated heterocycles. The third-order valence-electron chi connectivity index (χ3n) is 2.17. The topological polar surface area (TPSA) is 48.1 Å². The minimum atomic E-state index is 0.417. The molecule has 0 aliphatic heterocycles. The molecule has 0 aliphatic carbocycles. The Kier molecular flexibility index (Phi) is 4.22. The molecule has 1 heterocycles. The van der Waals surface area contributed by atoms with E-state index in [0.717, 1.165) is 9.92 Å². The number of aromatic nitrogens is 1. The summed E-state index contributed by atoms with van der Waals surface area (Å²) in [4.78, 5) is 5.23. The van der Waals surface area contributed by atoms with Crippen molar-refractivity contribution in [2.75, 3.05) is 12.8 Å². The summed E-state index contributed by atoms with van der Waals surface area (Å²) >= 11 is 13.3. The van der Waals surface area contributed by atoms with Gasteiger partial charge in [0.2, 0.25) is 5.88 Å². The number of nitrogens with two attached hydrogens (primary N) is 1. The second-order valence-electron chi connectivity index (χ2n) is 3.43. The molecule has 94 valence electrons. The highest BCUT2D eigenvalue weighted by atomic mass is 35.5. The van der Waals surface area contributed by atoms with Gasteiger partial charge < -0.3 is 10.5 Å². The molecule has 6 heteroatoms. The largest absolute Gasteiger partial charge is 0.480 e. The predicted octanol–water partition coefficient (Wildman–Crippen LogP) is 4.13. The van der Waals surface area contributed by atoms with Gasteiger partial charge in [-0.1, -0.05) is 35.0 Å². The summed E-state index contributed by atoms with van der Waals surface area (Å²) in [5.41, 5.74) is 6.21. The van der Waals surface area contributed by atoms with Gasteiger partial charge >= 0.3 is 0 Å². The van der Waals surface area contributed by atoms with E-state index in [9.17, 15) is 0 Å². The Morgan fingerprint density at radius 1 is 1.17 bits per heavy atom. The summed E-state index contributed by atoms with van der Waals surface area (Å²) in [5.74, 6) is 0.417. The minimum absolute atomic E-state index is 0.417. The first-order chi connectivity index (χ1) is 8.60. The van der Waals surface area contributed by atoms with Crippen LogP contribution >= 0.6 is 35.0 Å². The van der Waals surface area contributed by atoms with Crippen LogP contribution in [0.3, 0.4) is 0 Å².